The first-order chi connectivity index (χ1) is 15.3. The molecule has 5 unspecified atom stereocenters. The van der Waals surface area contributed by atoms with Crippen LogP contribution in [0, 0.1) is 5.92 Å². The summed E-state index contributed by atoms with van der Waals surface area (Å²) in [6.45, 7) is 2.53. The van der Waals surface area contributed by atoms with Gasteiger partial charge in [-0.25, -0.2) is 0 Å². The summed E-state index contributed by atoms with van der Waals surface area (Å²) < 4.78 is 28.0. The molecule has 0 saturated carbocycles. The van der Waals surface area contributed by atoms with Crippen LogP contribution in [0.1, 0.15) is 96.8 Å². The number of carbonyl (C=O) groups excluding carboxylic acids is 1. The Balaban J connectivity index is 4.07. The molecule has 0 aromatic heterocycles. The summed E-state index contributed by atoms with van der Waals surface area (Å²) in [5.74, 6) is -0.973. The first-order valence-corrected chi connectivity index (χ1v) is 15.9. The van der Waals surface area contributed by atoms with Gasteiger partial charge in [-0.3, -0.25) is 13.2 Å². The molecule has 192 valence electrons. The molecule has 0 aromatic carbocycles. The van der Waals surface area contributed by atoms with E-state index >= 15 is 0 Å². The summed E-state index contributed by atoms with van der Waals surface area (Å²) in [6.07, 6.45) is 15.6. The Morgan fingerprint density at radius 3 is 1.66 bits per heavy atom. The predicted octanol–water partition coefficient (Wildman–Crippen LogP) is 4.11. The number of carbonyl (C=O) groups is 1. The molecular formula is C24H48O6S2. The first kappa shape index (κ1) is 31.7. The van der Waals surface area contributed by atoms with E-state index in [1.54, 1.807) is 0 Å². The van der Waals surface area contributed by atoms with Gasteiger partial charge in [-0.1, -0.05) is 77.6 Å². The molecule has 2 N–H and O–H groups in total. The smallest absolute Gasteiger partial charge is 0.311 e. The van der Waals surface area contributed by atoms with Crippen LogP contribution >= 0.6 is 0 Å². The van der Waals surface area contributed by atoms with Gasteiger partial charge in [0, 0.05) is 45.6 Å². The molecular weight excluding hydrogens is 448 g/mol. The molecule has 0 heterocycles. The number of esters is 1. The number of hydrogen-bond acceptors (Lipinski definition) is 6. The summed E-state index contributed by atoms with van der Waals surface area (Å²) >= 11 is 0. The molecule has 0 aliphatic carbocycles. The molecule has 0 aliphatic rings. The molecule has 32 heavy (non-hydrogen) atoms. The van der Waals surface area contributed by atoms with Gasteiger partial charge in [0.15, 0.2) is 0 Å². The number of hydrogen-bond donors (Lipinski definition) is 2. The fraction of sp³-hybridized carbons (Fsp3) is 0.958. The van der Waals surface area contributed by atoms with Crippen molar-refractivity contribution in [3.05, 3.63) is 0 Å². The lowest BCUT2D eigenvalue weighted by molar-refractivity contribution is -0.156. The number of aliphatic hydroxyl groups excluding tert-OH is 2. The van der Waals surface area contributed by atoms with Crippen molar-refractivity contribution in [2.75, 3.05) is 30.6 Å². The summed E-state index contributed by atoms with van der Waals surface area (Å²) in [5, 5.41) is 20.6. The lowest BCUT2D eigenvalue weighted by Crippen LogP contribution is -2.40. The largest absolute Gasteiger partial charge is 0.465 e. The lowest BCUT2D eigenvalue weighted by Gasteiger charge is -2.25. The summed E-state index contributed by atoms with van der Waals surface area (Å²) in [7, 11) is -2.20. The highest BCUT2D eigenvalue weighted by atomic mass is 32.2. The minimum atomic E-state index is -1.31. The summed E-state index contributed by atoms with van der Waals surface area (Å²) in [5.41, 5.74) is 0. The minimum absolute atomic E-state index is 0.141. The van der Waals surface area contributed by atoms with E-state index in [1.807, 2.05) is 0 Å². The van der Waals surface area contributed by atoms with Crippen LogP contribution in [0.3, 0.4) is 0 Å². The number of aliphatic hydroxyl groups is 2. The van der Waals surface area contributed by atoms with E-state index < -0.39 is 45.7 Å². The first-order valence-electron chi connectivity index (χ1n) is 12.4. The molecule has 0 saturated heterocycles. The fourth-order valence-electron chi connectivity index (χ4n) is 3.67. The SMILES string of the molecule is CCCCCCCCCCCCCCOC(=O)C(CCS(C)=O)C(O)C(O)CCS(C)=O. The molecule has 0 bridgehead atoms. The van der Waals surface area contributed by atoms with Gasteiger partial charge < -0.3 is 14.9 Å². The van der Waals surface area contributed by atoms with Gasteiger partial charge in [0.1, 0.15) is 0 Å². The normalized spacial score (nSPS) is 16.3. The van der Waals surface area contributed by atoms with Crippen LogP contribution in [0.2, 0.25) is 0 Å². The van der Waals surface area contributed by atoms with E-state index in [9.17, 15) is 23.4 Å². The van der Waals surface area contributed by atoms with Crippen LogP contribution in [0.15, 0.2) is 0 Å². The Morgan fingerprint density at radius 2 is 1.19 bits per heavy atom. The van der Waals surface area contributed by atoms with E-state index in [1.165, 1.54) is 70.3 Å². The Bertz CT molecular complexity index is 515. The van der Waals surface area contributed by atoms with Crippen LogP contribution in [0.5, 0.6) is 0 Å². The summed E-state index contributed by atoms with van der Waals surface area (Å²) in [4.78, 5) is 12.5. The van der Waals surface area contributed by atoms with Crippen LogP contribution in [-0.2, 0) is 31.1 Å². The van der Waals surface area contributed by atoms with Crippen molar-refractivity contribution in [3.8, 4) is 0 Å². The third-order valence-electron chi connectivity index (χ3n) is 5.77. The molecule has 8 heteroatoms. The maximum atomic E-state index is 12.5. The second-order valence-corrected chi connectivity index (χ2v) is 12.0. The molecule has 0 spiro atoms. The molecule has 6 nitrogen and oxygen atoms in total. The Kier molecular flexibility index (Phi) is 21.0. The molecule has 0 aromatic rings. The van der Waals surface area contributed by atoms with Gasteiger partial charge in [0.05, 0.1) is 24.7 Å². The van der Waals surface area contributed by atoms with E-state index in [0.29, 0.717) is 6.61 Å². The van der Waals surface area contributed by atoms with Crippen molar-refractivity contribution in [2.45, 2.75) is 109 Å². The van der Waals surface area contributed by atoms with Crippen LogP contribution in [0.4, 0.5) is 0 Å². The van der Waals surface area contributed by atoms with Crippen LogP contribution in [-0.4, -0.2) is 67.4 Å². The monoisotopic (exact) mass is 496 g/mol. The highest BCUT2D eigenvalue weighted by Gasteiger charge is 2.33. The average Bonchev–Trinajstić information content (AvgIpc) is 2.74. The van der Waals surface area contributed by atoms with Crippen LogP contribution in [0.25, 0.3) is 0 Å². The second-order valence-electron chi connectivity index (χ2n) is 8.85. The highest BCUT2D eigenvalue weighted by molar-refractivity contribution is 7.84. The standard InChI is InChI=1S/C24H48O6S2/c1-4-5-6-7-8-9-10-11-12-13-14-15-18-30-24(27)21(16-19-31(2)28)23(26)22(25)17-20-32(3)29/h21-23,25-26H,4-20H2,1-3H3. The van der Waals surface area contributed by atoms with E-state index in [2.05, 4.69) is 6.92 Å². The molecule has 0 aliphatic heterocycles. The molecule has 0 rings (SSSR count). The fourth-order valence-corrected chi connectivity index (χ4v) is 4.83. The minimum Gasteiger partial charge on any atom is -0.465 e. The Hall–Kier alpha value is -0.310. The molecule has 0 amide bonds. The second kappa shape index (κ2) is 21.2. The highest BCUT2D eigenvalue weighted by Crippen LogP contribution is 2.18. The Morgan fingerprint density at radius 1 is 0.750 bits per heavy atom. The maximum absolute atomic E-state index is 12.5. The van der Waals surface area contributed by atoms with Crippen LogP contribution < -0.4 is 0 Å². The third-order valence-corrected chi connectivity index (χ3v) is 7.39. The molecule has 5 atom stereocenters. The van der Waals surface area contributed by atoms with Gasteiger partial charge in [0.25, 0.3) is 0 Å². The van der Waals surface area contributed by atoms with Crippen molar-refractivity contribution in [2.24, 2.45) is 5.92 Å². The van der Waals surface area contributed by atoms with Crippen molar-refractivity contribution < 1.29 is 28.2 Å². The van der Waals surface area contributed by atoms with Gasteiger partial charge in [-0.2, -0.15) is 0 Å². The third kappa shape index (κ3) is 18.2. The van der Waals surface area contributed by atoms with E-state index in [-0.39, 0.29) is 24.3 Å². The topological polar surface area (TPSA) is 101 Å². The number of rotatable bonds is 22. The zero-order valence-electron chi connectivity index (χ0n) is 20.6. The number of unbranched alkanes of at least 4 members (excludes halogenated alkanes) is 11. The lowest BCUT2D eigenvalue weighted by atomic mass is 9.94. The van der Waals surface area contributed by atoms with E-state index in [4.69, 9.17) is 4.74 Å². The van der Waals surface area contributed by atoms with Gasteiger partial charge in [-0.05, 0) is 19.3 Å². The maximum Gasteiger partial charge on any atom is 0.311 e. The van der Waals surface area contributed by atoms with Gasteiger partial charge >= 0.3 is 5.97 Å². The van der Waals surface area contributed by atoms with Crippen molar-refractivity contribution >= 4 is 27.6 Å². The molecule has 0 fully saturated rings. The zero-order chi connectivity index (χ0) is 24.2. The van der Waals surface area contributed by atoms with Crippen molar-refractivity contribution in [1.82, 2.24) is 0 Å². The quantitative estimate of drug-likeness (QED) is 0.173. The van der Waals surface area contributed by atoms with Crippen molar-refractivity contribution in [3.63, 3.8) is 0 Å². The predicted molar refractivity (Wildman–Crippen MR) is 135 cm³/mol. The number of ether oxygens (including phenoxy) is 1. The van der Waals surface area contributed by atoms with Gasteiger partial charge in [0.2, 0.25) is 0 Å². The van der Waals surface area contributed by atoms with Gasteiger partial charge in [-0.15, -0.1) is 0 Å². The Labute approximate surface area is 201 Å². The van der Waals surface area contributed by atoms with E-state index in [0.717, 1.165) is 19.3 Å². The average molecular weight is 497 g/mol. The van der Waals surface area contributed by atoms with Crippen molar-refractivity contribution in [1.29, 1.82) is 0 Å². The molecule has 0 radical (unpaired) electrons. The summed E-state index contributed by atoms with van der Waals surface area (Å²) in [6, 6.07) is 0. The zero-order valence-corrected chi connectivity index (χ0v) is 22.2.